The summed E-state index contributed by atoms with van der Waals surface area (Å²) in [7, 11) is 0. The first-order valence-electron chi connectivity index (χ1n) is 6.02. The highest BCUT2D eigenvalue weighted by Gasteiger charge is 2.37. The van der Waals surface area contributed by atoms with Gasteiger partial charge in [0.1, 0.15) is 11.4 Å². The highest BCUT2D eigenvalue weighted by molar-refractivity contribution is 9.09. The molecule has 0 saturated heterocycles. The van der Waals surface area contributed by atoms with Gasteiger partial charge in [-0.15, -0.1) is 0 Å². The number of ether oxygens (including phenoxy) is 1. The molecule has 1 aliphatic heterocycles. The molecule has 94 valence electrons. The maximum atomic E-state index is 6.20. The normalized spacial score (nSPS) is 22.4. The molecule has 17 heavy (non-hydrogen) atoms. The van der Waals surface area contributed by atoms with E-state index < -0.39 is 0 Å². The quantitative estimate of drug-likeness (QED) is 0.668. The van der Waals surface area contributed by atoms with Crippen LogP contribution in [0.2, 0.25) is 0 Å². The van der Waals surface area contributed by atoms with Crippen molar-refractivity contribution in [2.24, 2.45) is 0 Å². The van der Waals surface area contributed by atoms with Crippen LogP contribution in [0.25, 0.3) is 0 Å². The Kier molecular flexibility index (Phi) is 3.15. The van der Waals surface area contributed by atoms with E-state index in [1.54, 1.807) is 0 Å². The second kappa shape index (κ2) is 4.20. The minimum absolute atomic E-state index is 0.0818. The molecule has 2 N–H and O–H groups in total. The molecule has 3 heteroatoms. The van der Waals surface area contributed by atoms with E-state index >= 15 is 0 Å². The van der Waals surface area contributed by atoms with Gasteiger partial charge in [0.15, 0.2) is 0 Å². The van der Waals surface area contributed by atoms with Gasteiger partial charge in [-0.3, -0.25) is 0 Å². The molecule has 0 aliphatic carbocycles. The third kappa shape index (κ3) is 1.95. The molecule has 1 aromatic carbocycles. The highest BCUT2D eigenvalue weighted by Crippen LogP contribution is 2.44. The number of benzene rings is 1. The fraction of sp³-hybridized carbons (Fsp3) is 0.571. The number of anilines is 1. The second-order valence-corrected chi connectivity index (χ2v) is 6.06. The summed E-state index contributed by atoms with van der Waals surface area (Å²) in [5.41, 5.74) is 11.8. The van der Waals surface area contributed by atoms with Gasteiger partial charge >= 0.3 is 0 Å². The van der Waals surface area contributed by atoms with Gasteiger partial charge in [-0.2, -0.15) is 0 Å². The van der Waals surface area contributed by atoms with Crippen LogP contribution in [0.3, 0.4) is 0 Å². The SMILES string of the molecule is Cc1c(C)c2c(c(C)c1N)CC(C)(CCBr)O2. The van der Waals surface area contributed by atoms with Crippen LogP contribution in [-0.2, 0) is 6.42 Å². The van der Waals surface area contributed by atoms with Gasteiger partial charge in [0.05, 0.1) is 0 Å². The molecule has 0 saturated carbocycles. The van der Waals surface area contributed by atoms with Crippen LogP contribution in [0.5, 0.6) is 5.75 Å². The predicted molar refractivity (Wildman–Crippen MR) is 76.2 cm³/mol. The molecule has 2 rings (SSSR count). The summed E-state index contributed by atoms with van der Waals surface area (Å²) in [6.07, 6.45) is 1.98. The molecule has 0 spiro atoms. The van der Waals surface area contributed by atoms with Gasteiger partial charge < -0.3 is 10.5 Å². The first-order chi connectivity index (χ1) is 7.89. The van der Waals surface area contributed by atoms with Crippen LogP contribution in [0.15, 0.2) is 0 Å². The molecule has 0 fully saturated rings. The highest BCUT2D eigenvalue weighted by atomic mass is 79.9. The Morgan fingerprint density at radius 2 is 1.88 bits per heavy atom. The summed E-state index contributed by atoms with van der Waals surface area (Å²) < 4.78 is 6.20. The summed E-state index contributed by atoms with van der Waals surface area (Å²) in [4.78, 5) is 0. The summed E-state index contributed by atoms with van der Waals surface area (Å²) >= 11 is 3.50. The van der Waals surface area contributed by atoms with Gasteiger partial charge in [-0.1, -0.05) is 15.9 Å². The van der Waals surface area contributed by atoms with Gasteiger partial charge in [-0.05, 0) is 50.8 Å². The van der Waals surface area contributed by atoms with E-state index in [0.717, 1.165) is 35.2 Å². The molecular weight excluding hydrogens is 278 g/mol. The average Bonchev–Trinajstić information content (AvgIpc) is 2.62. The monoisotopic (exact) mass is 297 g/mol. The van der Waals surface area contributed by atoms with Crippen molar-refractivity contribution in [3.05, 3.63) is 22.3 Å². The molecular formula is C14H20BrNO. The van der Waals surface area contributed by atoms with Crippen LogP contribution in [-0.4, -0.2) is 10.9 Å². The Labute approximate surface area is 112 Å². The van der Waals surface area contributed by atoms with Gasteiger partial charge in [0, 0.05) is 23.0 Å². The minimum atomic E-state index is -0.0818. The Bertz CT molecular complexity index is 431. The van der Waals surface area contributed by atoms with Crippen LogP contribution >= 0.6 is 15.9 Å². The topological polar surface area (TPSA) is 35.2 Å². The van der Waals surface area contributed by atoms with E-state index in [2.05, 4.69) is 43.6 Å². The zero-order chi connectivity index (χ0) is 12.8. The molecule has 1 aromatic rings. The number of rotatable bonds is 2. The fourth-order valence-corrected chi connectivity index (χ4v) is 3.40. The number of alkyl halides is 1. The Hall–Kier alpha value is -0.700. The number of halogens is 1. The average molecular weight is 298 g/mol. The molecule has 0 radical (unpaired) electrons. The van der Waals surface area contributed by atoms with E-state index in [1.165, 1.54) is 16.7 Å². The van der Waals surface area contributed by atoms with Crippen LogP contribution < -0.4 is 10.5 Å². The van der Waals surface area contributed by atoms with Gasteiger partial charge in [-0.25, -0.2) is 0 Å². The number of hydrogen-bond donors (Lipinski definition) is 1. The van der Waals surface area contributed by atoms with Crippen molar-refractivity contribution in [3.8, 4) is 5.75 Å². The lowest BCUT2D eigenvalue weighted by Gasteiger charge is -2.23. The van der Waals surface area contributed by atoms with Crippen LogP contribution in [0.1, 0.15) is 35.6 Å². The Balaban J connectivity index is 2.52. The summed E-state index contributed by atoms with van der Waals surface area (Å²) in [5, 5.41) is 0.962. The molecule has 0 aromatic heterocycles. The van der Waals surface area contributed by atoms with E-state index in [9.17, 15) is 0 Å². The molecule has 0 amide bonds. The summed E-state index contributed by atoms with van der Waals surface area (Å²) in [5.74, 6) is 1.07. The van der Waals surface area contributed by atoms with Crippen LogP contribution in [0.4, 0.5) is 5.69 Å². The fourth-order valence-electron chi connectivity index (χ4n) is 2.56. The third-order valence-electron chi connectivity index (χ3n) is 3.96. The molecule has 2 nitrogen and oxygen atoms in total. The Morgan fingerprint density at radius 1 is 1.24 bits per heavy atom. The third-order valence-corrected chi connectivity index (χ3v) is 4.36. The van der Waals surface area contributed by atoms with E-state index in [1.807, 2.05) is 0 Å². The molecule has 1 heterocycles. The number of nitrogen functional groups attached to an aromatic ring is 1. The first-order valence-corrected chi connectivity index (χ1v) is 7.15. The maximum absolute atomic E-state index is 6.20. The lowest BCUT2D eigenvalue weighted by molar-refractivity contribution is 0.112. The smallest absolute Gasteiger partial charge is 0.127 e. The van der Waals surface area contributed by atoms with E-state index in [0.29, 0.717) is 0 Å². The van der Waals surface area contributed by atoms with Crippen LogP contribution in [0, 0.1) is 20.8 Å². The molecule has 1 unspecified atom stereocenters. The van der Waals surface area contributed by atoms with Crippen molar-refractivity contribution >= 4 is 21.6 Å². The largest absolute Gasteiger partial charge is 0.487 e. The lowest BCUT2D eigenvalue weighted by Crippen LogP contribution is -2.30. The standard InChI is InChI=1S/C14H20BrNO/c1-8-9(2)13-11(10(3)12(8)16)7-14(4,17-13)5-6-15/h5-7,16H2,1-4H3. The van der Waals surface area contributed by atoms with E-state index in [-0.39, 0.29) is 5.60 Å². The molecule has 1 atom stereocenters. The summed E-state index contributed by atoms with van der Waals surface area (Å²) in [6.45, 7) is 8.45. The number of fused-ring (bicyclic) bond motifs is 1. The van der Waals surface area contributed by atoms with Crippen molar-refractivity contribution < 1.29 is 4.74 Å². The zero-order valence-electron chi connectivity index (χ0n) is 11.0. The lowest BCUT2D eigenvalue weighted by atomic mass is 9.91. The summed E-state index contributed by atoms with van der Waals surface area (Å²) in [6, 6.07) is 0. The van der Waals surface area contributed by atoms with Crippen molar-refractivity contribution in [1.82, 2.24) is 0 Å². The van der Waals surface area contributed by atoms with Crippen molar-refractivity contribution in [1.29, 1.82) is 0 Å². The molecule has 0 bridgehead atoms. The second-order valence-electron chi connectivity index (χ2n) is 5.26. The van der Waals surface area contributed by atoms with Gasteiger partial charge in [0.2, 0.25) is 0 Å². The molecule has 1 aliphatic rings. The van der Waals surface area contributed by atoms with Gasteiger partial charge in [0.25, 0.3) is 0 Å². The zero-order valence-corrected chi connectivity index (χ0v) is 12.6. The maximum Gasteiger partial charge on any atom is 0.127 e. The van der Waals surface area contributed by atoms with Crippen molar-refractivity contribution in [3.63, 3.8) is 0 Å². The van der Waals surface area contributed by atoms with Crippen molar-refractivity contribution in [2.45, 2.75) is 46.1 Å². The number of hydrogen-bond acceptors (Lipinski definition) is 2. The first kappa shape index (κ1) is 12.7. The van der Waals surface area contributed by atoms with E-state index in [4.69, 9.17) is 10.5 Å². The minimum Gasteiger partial charge on any atom is -0.487 e. The Morgan fingerprint density at radius 3 is 2.47 bits per heavy atom. The number of nitrogens with two attached hydrogens (primary N) is 1. The van der Waals surface area contributed by atoms with Crippen molar-refractivity contribution in [2.75, 3.05) is 11.1 Å². The predicted octanol–water partition coefficient (Wildman–Crippen LogP) is 3.67.